The van der Waals surface area contributed by atoms with Crippen LogP contribution in [0.3, 0.4) is 0 Å². The number of halogens is 1. The Morgan fingerprint density at radius 3 is 3.70 bits per heavy atom. The molecule has 0 saturated heterocycles. The van der Waals surface area contributed by atoms with E-state index in [2.05, 4.69) is 20.9 Å². The molecule has 1 aromatic heterocycles. The third-order valence-corrected chi connectivity index (χ3v) is 2.19. The van der Waals surface area contributed by atoms with Crippen molar-refractivity contribution in [3.8, 4) is 0 Å². The Balaban J connectivity index is 3.63. The summed E-state index contributed by atoms with van der Waals surface area (Å²) in [4.78, 5) is 3.64. The van der Waals surface area contributed by atoms with Gasteiger partial charge < -0.3 is 0 Å². The van der Waals surface area contributed by atoms with Crippen LogP contribution in [0.5, 0.6) is 0 Å². The summed E-state index contributed by atoms with van der Waals surface area (Å²) in [6.45, 7) is -6.60. The first kappa shape index (κ1) is 2.07. The molecule has 3 heteroatoms. The molecule has 1 nitrogen and oxygen atoms in total. The number of aromatic nitrogens is 1. The first-order valence-corrected chi connectivity index (χ1v) is 3.90. The Morgan fingerprint density at radius 1 is 2.30 bits per heavy atom. The summed E-state index contributed by atoms with van der Waals surface area (Å²) >= 11 is 3.34. The van der Waals surface area contributed by atoms with Gasteiger partial charge in [0.2, 0.25) is 0 Å². The van der Waals surface area contributed by atoms with E-state index in [1.54, 1.807) is 0 Å². The lowest BCUT2D eigenvalue weighted by molar-refractivity contribution is 0.725. The molecule has 0 bridgehead atoms. The molecule has 0 amide bonds. The van der Waals surface area contributed by atoms with Crippen molar-refractivity contribution in [2.45, 2.75) is 26.0 Å². The highest BCUT2D eigenvalue weighted by molar-refractivity contribution is 9.10. The Hall–Kier alpha value is 0.110. The zero-order valence-corrected chi connectivity index (χ0v) is 7.14. The molecule has 0 radical (unpaired) electrons. The van der Waals surface area contributed by atoms with E-state index in [0.717, 1.165) is 0 Å². The number of hydrogen-bond acceptors (Lipinski definition) is 2. The summed E-state index contributed by atoms with van der Waals surface area (Å²) in [5.74, 6) is -3.10. The summed E-state index contributed by atoms with van der Waals surface area (Å²) in [6, 6.07) is 0. The van der Waals surface area contributed by atoms with Crippen molar-refractivity contribution in [3.63, 3.8) is 0 Å². The van der Waals surface area contributed by atoms with Crippen LogP contribution in [0.4, 0.5) is 0 Å². The summed E-state index contributed by atoms with van der Waals surface area (Å²) in [5.41, 5.74) is 0. The van der Waals surface area contributed by atoms with Gasteiger partial charge in [0.15, 0.2) is 0 Å². The van der Waals surface area contributed by atoms with Gasteiger partial charge in [-0.1, -0.05) is 13.7 Å². The van der Waals surface area contributed by atoms with Gasteiger partial charge in [-0.25, -0.2) is 4.98 Å². The number of thiazole rings is 1. The largest absolute Gasteiger partial charge is 0.234 e. The van der Waals surface area contributed by atoms with E-state index >= 15 is 0 Å². The lowest BCUT2D eigenvalue weighted by atomic mass is 10.1. The van der Waals surface area contributed by atoms with Gasteiger partial charge >= 0.3 is 0 Å². The van der Waals surface area contributed by atoms with Crippen LogP contribution in [-0.2, 0) is 0 Å². The van der Waals surface area contributed by atoms with Crippen LogP contribution in [-0.4, -0.2) is 4.98 Å². The quantitative estimate of drug-likeness (QED) is 0.758. The van der Waals surface area contributed by atoms with Gasteiger partial charge in [-0.2, -0.15) is 0 Å². The minimum Gasteiger partial charge on any atom is -0.234 e. The van der Waals surface area contributed by atoms with Crippen molar-refractivity contribution >= 4 is 27.3 Å². The van der Waals surface area contributed by atoms with Gasteiger partial charge in [-0.3, -0.25) is 0 Å². The van der Waals surface area contributed by atoms with E-state index in [0.29, 0.717) is 11.3 Å². The van der Waals surface area contributed by atoms with E-state index in [1.807, 2.05) is 0 Å². The van der Waals surface area contributed by atoms with Crippen LogP contribution < -0.4 is 0 Å². The number of hydrogen-bond donors (Lipinski definition) is 0. The van der Waals surface area contributed by atoms with Gasteiger partial charge in [0, 0.05) is 23.6 Å². The lowest BCUT2D eigenvalue weighted by Crippen LogP contribution is -1.88. The number of nitrogens with zero attached hydrogens (tertiary/aromatic N) is 1. The van der Waals surface area contributed by atoms with E-state index in [1.165, 1.54) is 0 Å². The molecule has 0 saturated carbocycles. The highest BCUT2D eigenvalue weighted by atomic mass is 79.9. The summed E-state index contributed by atoms with van der Waals surface area (Å²) in [6.07, 6.45) is -3.37. The van der Waals surface area contributed by atoms with Crippen molar-refractivity contribution in [3.05, 3.63) is 15.0 Å². The molecule has 1 unspecified atom stereocenters. The molecule has 0 aliphatic heterocycles. The fraction of sp³-hybridized carbons (Fsp3) is 0.571. The molecule has 56 valence electrons. The second-order valence-electron chi connectivity index (χ2n) is 1.41. The molecule has 0 N–H and O–H groups in total. The lowest BCUT2D eigenvalue weighted by Gasteiger charge is -2.00. The van der Waals surface area contributed by atoms with Crippen LogP contribution in [0.15, 0.2) is 9.96 Å². The van der Waals surface area contributed by atoms with Crippen LogP contribution in [0.2, 0.25) is 0 Å². The first-order chi connectivity index (χ1) is 8.66. The zero-order valence-electron chi connectivity index (χ0n) is 14.7. The second kappa shape index (κ2) is 3.49. The number of rotatable bonds is 2. The standard InChI is InChI=1S/C7H10BrNS/c1-3-5(2)7-9-6(8)4-10-7/h4-5H,3H2,1-2H3/i1D3,2D3,3D2,4D,5D. The van der Waals surface area contributed by atoms with E-state index in [9.17, 15) is 0 Å². The normalized spacial score (nSPS) is 35.3. The van der Waals surface area contributed by atoms with Crippen LogP contribution in [0.25, 0.3) is 0 Å². The average Bonchev–Trinajstić information content (AvgIpc) is 2.54. The van der Waals surface area contributed by atoms with Crippen LogP contribution in [0.1, 0.15) is 44.7 Å². The van der Waals surface area contributed by atoms with Crippen molar-refractivity contribution in [2.24, 2.45) is 0 Å². The molecule has 1 rings (SSSR count). The fourth-order valence-corrected chi connectivity index (χ4v) is 1.44. The molecule has 0 aliphatic carbocycles. The second-order valence-corrected chi connectivity index (χ2v) is 2.96. The Bertz CT molecular complexity index is 485. The monoisotopic (exact) mass is 229 g/mol. The molecule has 0 aromatic carbocycles. The van der Waals surface area contributed by atoms with Crippen LogP contribution >= 0.6 is 27.3 Å². The summed E-state index contributed by atoms with van der Waals surface area (Å²) < 4.78 is 74.5. The van der Waals surface area contributed by atoms with Gasteiger partial charge in [-0.05, 0) is 22.3 Å². The predicted octanol–water partition coefficient (Wildman–Crippen LogP) is 3.42. The highest BCUT2D eigenvalue weighted by Crippen LogP contribution is 2.24. The Kier molecular flexibility index (Phi) is 0.723. The molecule has 0 fully saturated rings. The van der Waals surface area contributed by atoms with Gasteiger partial charge in [-0.15, -0.1) is 11.3 Å². The van der Waals surface area contributed by atoms with Crippen molar-refractivity contribution < 1.29 is 13.7 Å². The molecule has 1 aromatic rings. The van der Waals surface area contributed by atoms with Gasteiger partial charge in [0.1, 0.15) is 4.60 Å². The maximum atomic E-state index is 8.03. The topological polar surface area (TPSA) is 12.9 Å². The van der Waals surface area contributed by atoms with Crippen molar-refractivity contribution in [2.75, 3.05) is 0 Å². The molecule has 0 spiro atoms. The molecule has 1 atom stereocenters. The molecule has 10 heavy (non-hydrogen) atoms. The van der Waals surface area contributed by atoms with Crippen LogP contribution in [0, 0.1) is 0 Å². The minimum atomic E-state index is -3.37. The first-order valence-electron chi connectivity index (χ1n) is 7.29. The van der Waals surface area contributed by atoms with Crippen molar-refractivity contribution in [1.29, 1.82) is 0 Å². The smallest absolute Gasteiger partial charge is 0.117 e. The highest BCUT2D eigenvalue weighted by Gasteiger charge is 2.05. The minimum absolute atomic E-state index is 0.0558. The Labute approximate surface area is 87.7 Å². The van der Waals surface area contributed by atoms with E-state index < -0.39 is 31.0 Å². The third-order valence-electron chi connectivity index (χ3n) is 0.770. The maximum absolute atomic E-state index is 8.03. The van der Waals surface area contributed by atoms with Gasteiger partial charge in [0.05, 0.1) is 6.38 Å². The Morgan fingerprint density at radius 2 is 3.20 bits per heavy atom. The maximum Gasteiger partial charge on any atom is 0.117 e. The SMILES string of the molecule is [2H]c1sc(C([2H])(C([2H])([2H])[2H])C([2H])([2H])C([2H])([2H])[2H])nc1Br. The molecule has 1 heterocycles. The van der Waals surface area contributed by atoms with Crippen molar-refractivity contribution in [1.82, 2.24) is 4.98 Å². The summed E-state index contributed by atoms with van der Waals surface area (Å²) in [7, 11) is 0. The average molecular weight is 230 g/mol. The molecule has 0 aliphatic rings. The summed E-state index contributed by atoms with van der Waals surface area (Å²) in [5, 5.41) is -0.780. The predicted molar refractivity (Wildman–Crippen MR) is 48.5 cm³/mol. The molecular weight excluding hydrogens is 210 g/mol. The molecular formula is C7H10BrNS. The van der Waals surface area contributed by atoms with E-state index in [-0.39, 0.29) is 9.96 Å². The fourth-order valence-electron chi connectivity index (χ4n) is 0.386. The van der Waals surface area contributed by atoms with E-state index in [4.69, 9.17) is 13.7 Å². The third kappa shape index (κ3) is 1.80. The zero-order chi connectivity index (χ0) is 16.1. The van der Waals surface area contributed by atoms with Gasteiger partial charge in [0.25, 0.3) is 0 Å².